The Kier molecular flexibility index (Phi) is 4.28. The van der Waals surface area contributed by atoms with Gasteiger partial charge in [0.25, 0.3) is 0 Å². The number of fused-ring (bicyclic) bond motifs is 2. The largest absolute Gasteiger partial charge is 0.487 e. The molecule has 3 aromatic rings. The first-order valence-electron chi connectivity index (χ1n) is 9.86. The summed E-state index contributed by atoms with van der Waals surface area (Å²) >= 11 is 6.22. The van der Waals surface area contributed by atoms with Crippen LogP contribution in [0.15, 0.2) is 60.7 Å². The number of ether oxygens (including phenoxy) is 1. The second-order valence-electron chi connectivity index (χ2n) is 7.96. The molecule has 0 radical (unpaired) electrons. The van der Waals surface area contributed by atoms with Gasteiger partial charge in [0.1, 0.15) is 11.4 Å². The molecule has 4 heteroatoms. The summed E-state index contributed by atoms with van der Waals surface area (Å²) in [6.07, 6.45) is 4.44. The van der Waals surface area contributed by atoms with Gasteiger partial charge in [-0.25, -0.2) is 0 Å². The van der Waals surface area contributed by atoms with Crippen molar-refractivity contribution in [3.05, 3.63) is 76.8 Å². The van der Waals surface area contributed by atoms with Gasteiger partial charge in [-0.15, -0.1) is 0 Å². The fourth-order valence-corrected chi connectivity index (χ4v) is 4.69. The van der Waals surface area contributed by atoms with Crippen molar-refractivity contribution in [2.45, 2.75) is 43.7 Å². The van der Waals surface area contributed by atoms with Gasteiger partial charge in [-0.1, -0.05) is 54.1 Å². The standard InChI is InChI=1S/C24H22ClNO2/c25-18-9-10-22-20(14-18)21(15-24(28-22)11-4-12-24)26-23(27)13-17-7-3-6-16-5-1-2-8-19(16)17/h1-3,5-10,14,21H,4,11-13,15H2,(H,26,27)/t21-/m0/s1. The average molecular weight is 392 g/mol. The van der Waals surface area contributed by atoms with Gasteiger partial charge < -0.3 is 10.1 Å². The van der Waals surface area contributed by atoms with Gasteiger partial charge in [0, 0.05) is 17.0 Å². The number of halogens is 1. The molecule has 3 nitrogen and oxygen atoms in total. The Hall–Kier alpha value is -2.52. The Morgan fingerprint density at radius 3 is 2.75 bits per heavy atom. The van der Waals surface area contributed by atoms with Crippen LogP contribution in [0.5, 0.6) is 5.75 Å². The molecule has 1 atom stereocenters. The van der Waals surface area contributed by atoms with E-state index in [0.717, 1.165) is 46.9 Å². The first-order chi connectivity index (χ1) is 13.6. The molecule has 2 aliphatic rings. The van der Waals surface area contributed by atoms with Crippen molar-refractivity contribution in [2.75, 3.05) is 0 Å². The molecule has 0 unspecified atom stereocenters. The van der Waals surface area contributed by atoms with E-state index in [1.807, 2.05) is 42.5 Å². The summed E-state index contributed by atoms with van der Waals surface area (Å²) in [5, 5.41) is 6.22. The van der Waals surface area contributed by atoms with Gasteiger partial charge in [0.2, 0.25) is 5.91 Å². The Morgan fingerprint density at radius 2 is 1.93 bits per heavy atom. The maximum atomic E-state index is 13.0. The fourth-order valence-electron chi connectivity index (χ4n) is 4.51. The van der Waals surface area contributed by atoms with Crippen molar-refractivity contribution >= 4 is 28.3 Å². The monoisotopic (exact) mass is 391 g/mol. The minimum Gasteiger partial charge on any atom is -0.487 e. The van der Waals surface area contributed by atoms with E-state index in [4.69, 9.17) is 16.3 Å². The van der Waals surface area contributed by atoms with Crippen LogP contribution in [-0.2, 0) is 11.2 Å². The zero-order chi connectivity index (χ0) is 19.1. The number of nitrogens with one attached hydrogen (secondary N) is 1. The first kappa shape index (κ1) is 17.6. The molecule has 5 rings (SSSR count). The highest BCUT2D eigenvalue weighted by Gasteiger charge is 2.45. The minimum absolute atomic E-state index is 0.0312. The van der Waals surface area contributed by atoms with Crippen LogP contribution in [0.1, 0.15) is 42.9 Å². The predicted molar refractivity (Wildman–Crippen MR) is 112 cm³/mol. The van der Waals surface area contributed by atoms with E-state index in [-0.39, 0.29) is 17.6 Å². The lowest BCUT2D eigenvalue weighted by Gasteiger charge is -2.48. The number of hydrogen-bond acceptors (Lipinski definition) is 2. The summed E-state index contributed by atoms with van der Waals surface area (Å²) in [4.78, 5) is 13.0. The van der Waals surface area contributed by atoms with Crippen molar-refractivity contribution in [1.29, 1.82) is 0 Å². The van der Waals surface area contributed by atoms with E-state index < -0.39 is 0 Å². The summed E-state index contributed by atoms with van der Waals surface area (Å²) in [5.74, 6) is 0.884. The number of benzene rings is 3. The number of rotatable bonds is 3. The third-order valence-electron chi connectivity index (χ3n) is 6.08. The number of hydrogen-bond donors (Lipinski definition) is 1. The smallest absolute Gasteiger partial charge is 0.224 e. The first-order valence-corrected chi connectivity index (χ1v) is 10.2. The lowest BCUT2D eigenvalue weighted by molar-refractivity contribution is -0.122. The molecule has 0 aromatic heterocycles. The fraction of sp³-hybridized carbons (Fsp3) is 0.292. The summed E-state index contributed by atoms with van der Waals surface area (Å²) in [5.41, 5.74) is 1.90. The van der Waals surface area contributed by atoms with Crippen molar-refractivity contribution in [3.8, 4) is 5.75 Å². The average Bonchev–Trinajstić information content (AvgIpc) is 2.67. The molecule has 0 bridgehead atoms. The maximum absolute atomic E-state index is 13.0. The molecule has 1 aliphatic carbocycles. The third-order valence-corrected chi connectivity index (χ3v) is 6.32. The summed E-state index contributed by atoms with van der Waals surface area (Å²) in [6.45, 7) is 0. The SMILES string of the molecule is O=C(Cc1cccc2ccccc12)N[C@H]1CC2(CCC2)Oc2ccc(Cl)cc21. The predicted octanol–water partition coefficient (Wildman–Crippen LogP) is 5.60. The number of carbonyl (C=O) groups excluding carboxylic acids is 1. The highest BCUT2D eigenvalue weighted by atomic mass is 35.5. The molecule has 1 N–H and O–H groups in total. The quantitative estimate of drug-likeness (QED) is 0.631. The Bertz CT molecular complexity index is 1050. The van der Waals surface area contributed by atoms with Crippen molar-refractivity contribution in [2.24, 2.45) is 0 Å². The van der Waals surface area contributed by atoms with E-state index in [1.165, 1.54) is 6.42 Å². The van der Waals surface area contributed by atoms with Crippen LogP contribution >= 0.6 is 11.6 Å². The molecule has 3 aromatic carbocycles. The van der Waals surface area contributed by atoms with Gasteiger partial charge in [-0.2, -0.15) is 0 Å². The topological polar surface area (TPSA) is 38.3 Å². The normalized spacial score (nSPS) is 19.5. The van der Waals surface area contributed by atoms with E-state index in [0.29, 0.717) is 11.4 Å². The molecule has 1 aliphatic heterocycles. The lowest BCUT2D eigenvalue weighted by Crippen LogP contribution is -2.49. The Balaban J connectivity index is 1.40. The van der Waals surface area contributed by atoms with Gasteiger partial charge >= 0.3 is 0 Å². The highest BCUT2D eigenvalue weighted by molar-refractivity contribution is 6.30. The second kappa shape index (κ2) is 6.82. The Labute approximate surface area is 169 Å². The number of carbonyl (C=O) groups is 1. The van der Waals surface area contributed by atoms with Gasteiger partial charge in [0.05, 0.1) is 12.5 Å². The van der Waals surface area contributed by atoms with Crippen LogP contribution in [0.4, 0.5) is 0 Å². The maximum Gasteiger partial charge on any atom is 0.224 e. The van der Waals surface area contributed by atoms with E-state index in [9.17, 15) is 4.79 Å². The van der Waals surface area contributed by atoms with E-state index >= 15 is 0 Å². The molecule has 1 heterocycles. The zero-order valence-corrected chi connectivity index (χ0v) is 16.3. The van der Waals surface area contributed by atoms with Crippen molar-refractivity contribution < 1.29 is 9.53 Å². The Morgan fingerprint density at radius 1 is 1.11 bits per heavy atom. The number of amides is 1. The van der Waals surface area contributed by atoms with Crippen LogP contribution in [0.25, 0.3) is 10.8 Å². The summed E-state index contributed by atoms with van der Waals surface area (Å²) in [6, 6.07) is 20.0. The van der Waals surface area contributed by atoms with Crippen molar-refractivity contribution in [3.63, 3.8) is 0 Å². The zero-order valence-electron chi connectivity index (χ0n) is 15.6. The summed E-state index contributed by atoms with van der Waals surface area (Å²) < 4.78 is 6.29. The molecule has 0 saturated heterocycles. The highest BCUT2D eigenvalue weighted by Crippen LogP contribution is 2.49. The van der Waals surface area contributed by atoms with Gasteiger partial charge in [-0.3, -0.25) is 4.79 Å². The molecular formula is C24H22ClNO2. The van der Waals surface area contributed by atoms with Gasteiger partial charge in [0.15, 0.2) is 0 Å². The van der Waals surface area contributed by atoms with Crippen LogP contribution in [0.2, 0.25) is 5.02 Å². The molecule has 28 heavy (non-hydrogen) atoms. The van der Waals surface area contributed by atoms with Crippen LogP contribution in [0.3, 0.4) is 0 Å². The molecule has 1 spiro atoms. The second-order valence-corrected chi connectivity index (χ2v) is 8.40. The molecule has 142 valence electrons. The molecular weight excluding hydrogens is 370 g/mol. The van der Waals surface area contributed by atoms with Crippen molar-refractivity contribution in [1.82, 2.24) is 5.32 Å². The summed E-state index contributed by atoms with van der Waals surface area (Å²) in [7, 11) is 0. The molecule has 1 fully saturated rings. The van der Waals surface area contributed by atoms with E-state index in [2.05, 4.69) is 23.5 Å². The van der Waals surface area contributed by atoms with Crippen LogP contribution < -0.4 is 10.1 Å². The van der Waals surface area contributed by atoms with E-state index in [1.54, 1.807) is 0 Å². The third kappa shape index (κ3) is 3.14. The molecule has 1 saturated carbocycles. The minimum atomic E-state index is -0.127. The lowest BCUT2D eigenvalue weighted by atomic mass is 9.73. The molecule has 1 amide bonds. The van der Waals surface area contributed by atoms with Crippen LogP contribution in [-0.4, -0.2) is 11.5 Å². The van der Waals surface area contributed by atoms with Gasteiger partial charge in [-0.05, 0) is 53.8 Å². The van der Waals surface area contributed by atoms with Crippen LogP contribution in [0, 0.1) is 0 Å².